The number of nitrogens with two attached hydrogens (primary N) is 1. The number of nitrogens with zero attached hydrogens (tertiary/aromatic N) is 1. The predicted molar refractivity (Wildman–Crippen MR) is 69.4 cm³/mol. The Bertz CT molecular complexity index is 333. The van der Waals surface area contributed by atoms with Crippen LogP contribution in [0, 0.1) is 0 Å². The molecule has 1 rings (SSSR count). The summed E-state index contributed by atoms with van der Waals surface area (Å²) >= 11 is 4.64. The van der Waals surface area contributed by atoms with E-state index in [9.17, 15) is 9.59 Å². The summed E-state index contributed by atoms with van der Waals surface area (Å²) in [5, 5.41) is 2.43. The van der Waals surface area contributed by atoms with E-state index in [1.165, 1.54) is 0 Å². The van der Waals surface area contributed by atoms with Crippen LogP contribution in [0.1, 0.15) is 33.1 Å². The molecule has 0 bridgehead atoms. The van der Waals surface area contributed by atoms with E-state index >= 15 is 0 Å². The molecular weight excluding hydrogens is 238 g/mol. The fraction of sp³-hybridized carbons (Fsp3) is 0.727. The van der Waals surface area contributed by atoms with Crippen molar-refractivity contribution in [3.8, 4) is 0 Å². The van der Waals surface area contributed by atoms with Gasteiger partial charge in [0, 0.05) is 12.1 Å². The molecule has 1 aliphatic rings. The second-order valence-electron chi connectivity index (χ2n) is 4.35. The SMILES string of the molecule is CCC1CCC(C)N1C(=O)C(=O)NCC(N)=S. The van der Waals surface area contributed by atoms with Gasteiger partial charge in [-0.2, -0.15) is 0 Å². The van der Waals surface area contributed by atoms with Gasteiger partial charge in [-0.05, 0) is 26.2 Å². The zero-order valence-electron chi connectivity index (χ0n) is 10.2. The molecule has 1 fully saturated rings. The highest BCUT2D eigenvalue weighted by atomic mass is 32.1. The van der Waals surface area contributed by atoms with Crippen molar-refractivity contribution in [3.63, 3.8) is 0 Å². The van der Waals surface area contributed by atoms with Gasteiger partial charge in [-0.15, -0.1) is 0 Å². The van der Waals surface area contributed by atoms with Gasteiger partial charge in [0.2, 0.25) is 0 Å². The van der Waals surface area contributed by atoms with Gasteiger partial charge in [0.25, 0.3) is 0 Å². The largest absolute Gasteiger partial charge is 0.392 e. The Hall–Kier alpha value is -1.17. The van der Waals surface area contributed by atoms with Gasteiger partial charge < -0.3 is 16.0 Å². The minimum absolute atomic E-state index is 0.0684. The van der Waals surface area contributed by atoms with Gasteiger partial charge in [0.1, 0.15) is 0 Å². The molecule has 0 aliphatic carbocycles. The zero-order valence-corrected chi connectivity index (χ0v) is 11.0. The third-order valence-electron chi connectivity index (χ3n) is 3.11. The van der Waals surface area contributed by atoms with Crippen LogP contribution < -0.4 is 11.1 Å². The molecule has 5 nitrogen and oxygen atoms in total. The molecule has 96 valence electrons. The van der Waals surface area contributed by atoms with Gasteiger partial charge in [-0.25, -0.2) is 0 Å². The van der Waals surface area contributed by atoms with Crippen LogP contribution in [0.3, 0.4) is 0 Å². The van der Waals surface area contributed by atoms with Crippen molar-refractivity contribution < 1.29 is 9.59 Å². The van der Waals surface area contributed by atoms with E-state index in [4.69, 9.17) is 5.73 Å². The van der Waals surface area contributed by atoms with Gasteiger partial charge >= 0.3 is 11.8 Å². The first-order valence-electron chi connectivity index (χ1n) is 5.86. The van der Waals surface area contributed by atoms with E-state index < -0.39 is 11.8 Å². The number of carbonyl (C=O) groups excluding carboxylic acids is 2. The van der Waals surface area contributed by atoms with Crippen molar-refractivity contribution in [2.24, 2.45) is 5.73 Å². The smallest absolute Gasteiger partial charge is 0.312 e. The minimum atomic E-state index is -0.620. The summed E-state index contributed by atoms with van der Waals surface area (Å²) in [4.78, 5) is 25.4. The van der Waals surface area contributed by atoms with Crippen molar-refractivity contribution in [1.29, 1.82) is 0 Å². The van der Waals surface area contributed by atoms with E-state index in [0.29, 0.717) is 0 Å². The molecule has 2 atom stereocenters. The molecule has 6 heteroatoms. The molecule has 0 aromatic heterocycles. The number of hydrogen-bond acceptors (Lipinski definition) is 3. The molecule has 0 aromatic rings. The Morgan fingerprint density at radius 2 is 2.12 bits per heavy atom. The molecule has 0 aromatic carbocycles. The van der Waals surface area contributed by atoms with Crippen molar-refractivity contribution in [3.05, 3.63) is 0 Å². The highest BCUT2D eigenvalue weighted by molar-refractivity contribution is 7.80. The summed E-state index contributed by atoms with van der Waals surface area (Å²) in [5.41, 5.74) is 5.27. The molecule has 1 saturated heterocycles. The Kier molecular flexibility index (Phi) is 4.86. The molecule has 1 heterocycles. The fourth-order valence-electron chi connectivity index (χ4n) is 2.20. The fourth-order valence-corrected chi connectivity index (χ4v) is 2.27. The van der Waals surface area contributed by atoms with Crippen LogP contribution in [-0.4, -0.2) is 40.3 Å². The number of rotatable bonds is 3. The zero-order chi connectivity index (χ0) is 13.0. The molecule has 17 heavy (non-hydrogen) atoms. The first kappa shape index (κ1) is 13.9. The number of carbonyl (C=O) groups is 2. The van der Waals surface area contributed by atoms with Crippen molar-refractivity contribution in [2.45, 2.75) is 45.2 Å². The summed E-state index contributed by atoms with van der Waals surface area (Å²) in [6, 6.07) is 0.302. The summed E-state index contributed by atoms with van der Waals surface area (Å²) in [6.45, 7) is 4.06. The second-order valence-corrected chi connectivity index (χ2v) is 4.87. The number of amides is 2. The monoisotopic (exact) mass is 257 g/mol. The van der Waals surface area contributed by atoms with Crippen LogP contribution in [0.25, 0.3) is 0 Å². The molecule has 0 radical (unpaired) electrons. The van der Waals surface area contributed by atoms with Crippen molar-refractivity contribution in [2.75, 3.05) is 6.54 Å². The third-order valence-corrected chi connectivity index (χ3v) is 3.25. The topological polar surface area (TPSA) is 75.4 Å². The van der Waals surface area contributed by atoms with Crippen LogP contribution >= 0.6 is 12.2 Å². The summed E-state index contributed by atoms with van der Waals surface area (Å²) < 4.78 is 0. The summed E-state index contributed by atoms with van der Waals surface area (Å²) in [5.74, 6) is -1.09. The molecule has 0 saturated carbocycles. The van der Waals surface area contributed by atoms with Gasteiger partial charge in [-0.3, -0.25) is 9.59 Å². The van der Waals surface area contributed by atoms with E-state index in [1.807, 2.05) is 13.8 Å². The lowest BCUT2D eigenvalue weighted by Crippen LogP contribution is -2.49. The maximum atomic E-state index is 12.0. The highest BCUT2D eigenvalue weighted by Crippen LogP contribution is 2.25. The Balaban J connectivity index is 2.61. The number of hydrogen-bond donors (Lipinski definition) is 2. The second kappa shape index (κ2) is 5.95. The minimum Gasteiger partial charge on any atom is -0.392 e. The van der Waals surface area contributed by atoms with Crippen LogP contribution in [0.4, 0.5) is 0 Å². The molecule has 0 spiro atoms. The summed E-state index contributed by atoms with van der Waals surface area (Å²) in [7, 11) is 0. The Morgan fingerprint density at radius 3 is 2.65 bits per heavy atom. The van der Waals surface area contributed by atoms with Crippen LogP contribution in [0.2, 0.25) is 0 Å². The normalized spacial score (nSPS) is 23.5. The van der Waals surface area contributed by atoms with Gasteiger partial charge in [0.15, 0.2) is 0 Å². The Morgan fingerprint density at radius 1 is 1.47 bits per heavy atom. The maximum absolute atomic E-state index is 12.0. The maximum Gasteiger partial charge on any atom is 0.312 e. The average molecular weight is 257 g/mol. The molecular formula is C11H19N3O2S. The third kappa shape index (κ3) is 3.39. The van der Waals surface area contributed by atoms with E-state index in [0.717, 1.165) is 19.3 Å². The number of nitrogens with one attached hydrogen (secondary N) is 1. The highest BCUT2D eigenvalue weighted by Gasteiger charge is 2.35. The standard InChI is InChI=1S/C11H19N3O2S/c1-3-8-5-4-7(2)14(8)11(16)10(15)13-6-9(12)17/h7-8H,3-6H2,1-2H3,(H2,12,17)(H,13,15). The van der Waals surface area contributed by atoms with Crippen LogP contribution in [0.15, 0.2) is 0 Å². The predicted octanol–water partition coefficient (Wildman–Crippen LogP) is 0.178. The Labute approximate surface area is 107 Å². The average Bonchev–Trinajstić information content (AvgIpc) is 2.66. The van der Waals surface area contributed by atoms with Crippen LogP contribution in [-0.2, 0) is 9.59 Å². The lowest BCUT2D eigenvalue weighted by atomic mass is 10.1. The first-order chi connectivity index (χ1) is 7.97. The molecule has 2 unspecified atom stereocenters. The lowest BCUT2D eigenvalue weighted by molar-refractivity contribution is -0.147. The van der Waals surface area contributed by atoms with E-state index in [2.05, 4.69) is 17.5 Å². The molecule has 2 amide bonds. The van der Waals surface area contributed by atoms with Gasteiger partial charge in [0.05, 0.1) is 11.5 Å². The van der Waals surface area contributed by atoms with Crippen molar-refractivity contribution >= 4 is 29.0 Å². The number of likely N-dealkylation sites (tertiary alicyclic amines) is 1. The van der Waals surface area contributed by atoms with Crippen molar-refractivity contribution in [1.82, 2.24) is 10.2 Å². The summed E-state index contributed by atoms with van der Waals surface area (Å²) in [6.07, 6.45) is 2.79. The lowest BCUT2D eigenvalue weighted by Gasteiger charge is -2.27. The van der Waals surface area contributed by atoms with E-state index in [-0.39, 0.29) is 23.6 Å². The number of thiocarbonyl (C=S) groups is 1. The first-order valence-corrected chi connectivity index (χ1v) is 6.27. The van der Waals surface area contributed by atoms with Gasteiger partial charge in [-0.1, -0.05) is 19.1 Å². The quantitative estimate of drug-likeness (QED) is 0.558. The molecule has 3 N–H and O–H groups in total. The van der Waals surface area contributed by atoms with E-state index in [1.54, 1.807) is 4.90 Å². The van der Waals surface area contributed by atoms with Crippen LogP contribution in [0.5, 0.6) is 0 Å². The molecule has 1 aliphatic heterocycles.